The highest BCUT2D eigenvalue weighted by molar-refractivity contribution is 7.80. The summed E-state index contributed by atoms with van der Waals surface area (Å²) in [5, 5.41) is 9.73. The van der Waals surface area contributed by atoms with Gasteiger partial charge >= 0.3 is 0 Å². The Balaban J connectivity index is 1.53. The highest BCUT2D eigenvalue weighted by atomic mass is 32.1. The van der Waals surface area contributed by atoms with Crippen molar-refractivity contribution in [3.05, 3.63) is 77.4 Å². The Kier molecular flexibility index (Phi) is 4.46. The summed E-state index contributed by atoms with van der Waals surface area (Å²) in [5.41, 5.74) is 6.86. The summed E-state index contributed by atoms with van der Waals surface area (Å²) >= 11 is 5.32. The van der Waals surface area contributed by atoms with Crippen molar-refractivity contribution in [1.29, 1.82) is 0 Å². The van der Waals surface area contributed by atoms with Gasteiger partial charge in [-0.1, -0.05) is 62.4 Å². The Morgan fingerprint density at radius 3 is 2.30 bits per heavy atom. The van der Waals surface area contributed by atoms with Crippen LogP contribution in [0.15, 0.2) is 65.8 Å². The summed E-state index contributed by atoms with van der Waals surface area (Å²) in [7, 11) is 0. The molecule has 0 aromatic heterocycles. The summed E-state index contributed by atoms with van der Waals surface area (Å²) in [6.07, 6.45) is 0. The molecule has 134 valence electrons. The number of ketones is 1. The predicted octanol–water partition coefficient (Wildman–Crippen LogP) is 4.85. The first kappa shape index (κ1) is 17.4. The fourth-order valence-corrected chi connectivity index (χ4v) is 3.47. The van der Waals surface area contributed by atoms with Crippen molar-refractivity contribution >= 4 is 45.3 Å². The summed E-state index contributed by atoms with van der Waals surface area (Å²) < 4.78 is 0. The molecule has 0 radical (unpaired) electrons. The molecule has 0 fully saturated rings. The van der Waals surface area contributed by atoms with Gasteiger partial charge in [0.15, 0.2) is 5.11 Å². The van der Waals surface area contributed by atoms with Crippen LogP contribution in [-0.4, -0.2) is 16.6 Å². The topological polar surface area (TPSA) is 53.5 Å². The van der Waals surface area contributed by atoms with Gasteiger partial charge < -0.3 is 5.32 Å². The second-order valence-electron chi connectivity index (χ2n) is 6.84. The number of benzene rings is 3. The normalized spacial score (nSPS) is 14.2. The van der Waals surface area contributed by atoms with E-state index in [1.165, 1.54) is 5.56 Å². The molecule has 4 nitrogen and oxygen atoms in total. The van der Waals surface area contributed by atoms with E-state index in [1.807, 2.05) is 48.5 Å². The lowest BCUT2D eigenvalue weighted by Gasteiger charge is -2.10. The maximum Gasteiger partial charge on any atom is 0.214 e. The number of hydrogen-bond donors (Lipinski definition) is 2. The second kappa shape index (κ2) is 6.93. The third kappa shape index (κ3) is 3.22. The van der Waals surface area contributed by atoms with E-state index in [0.29, 0.717) is 22.3 Å². The van der Waals surface area contributed by atoms with Crippen molar-refractivity contribution in [2.75, 3.05) is 5.32 Å². The van der Waals surface area contributed by atoms with E-state index in [0.717, 1.165) is 22.0 Å². The Labute approximate surface area is 163 Å². The maximum absolute atomic E-state index is 12.7. The minimum Gasteiger partial charge on any atom is -0.331 e. The molecule has 0 aliphatic heterocycles. The average Bonchev–Trinajstić information content (AvgIpc) is 2.94. The van der Waals surface area contributed by atoms with Gasteiger partial charge in [0.1, 0.15) is 5.71 Å². The van der Waals surface area contributed by atoms with Crippen molar-refractivity contribution < 1.29 is 4.79 Å². The van der Waals surface area contributed by atoms with Crippen molar-refractivity contribution in [3.63, 3.8) is 0 Å². The van der Waals surface area contributed by atoms with Crippen LogP contribution in [0.3, 0.4) is 0 Å². The molecular formula is C22H19N3OS. The van der Waals surface area contributed by atoms with Crippen LogP contribution < -0.4 is 10.7 Å². The fourth-order valence-electron chi connectivity index (χ4n) is 3.31. The molecule has 0 atom stereocenters. The van der Waals surface area contributed by atoms with E-state index in [2.05, 4.69) is 41.8 Å². The molecule has 5 heteroatoms. The largest absolute Gasteiger partial charge is 0.331 e. The van der Waals surface area contributed by atoms with Crippen LogP contribution in [0, 0.1) is 0 Å². The Hall–Kier alpha value is -3.05. The molecule has 1 aliphatic carbocycles. The van der Waals surface area contributed by atoms with Crippen LogP contribution in [0.2, 0.25) is 0 Å². The second-order valence-corrected chi connectivity index (χ2v) is 7.25. The first-order valence-corrected chi connectivity index (χ1v) is 9.27. The number of carbonyl (C=O) groups excluding carboxylic acids is 1. The number of carbonyl (C=O) groups is 1. The number of rotatable bonds is 3. The van der Waals surface area contributed by atoms with Gasteiger partial charge in [0.25, 0.3) is 0 Å². The van der Waals surface area contributed by atoms with E-state index in [9.17, 15) is 4.79 Å². The van der Waals surface area contributed by atoms with Gasteiger partial charge in [-0.05, 0) is 41.2 Å². The zero-order valence-corrected chi connectivity index (χ0v) is 15.9. The number of nitrogens with zero attached hydrogens (tertiary/aromatic N) is 1. The molecular weight excluding hydrogens is 354 g/mol. The standard InChI is InChI=1S/C22H19N3OS/c1-13(2)14-9-11-16(12-10-14)23-22(27)25-24-20-17-7-3-5-15-6-4-8-18(19(15)17)21(20)26/h3-13H,1-2H3,(H2,23,25,27). The van der Waals surface area contributed by atoms with E-state index >= 15 is 0 Å². The summed E-state index contributed by atoms with van der Waals surface area (Å²) in [5.74, 6) is 0.395. The number of Topliss-reactive ketones (excluding diaryl/α,β-unsaturated/α-hetero) is 1. The summed E-state index contributed by atoms with van der Waals surface area (Å²) in [4.78, 5) is 12.7. The molecule has 0 heterocycles. The van der Waals surface area contributed by atoms with Gasteiger partial charge in [0.2, 0.25) is 5.78 Å². The lowest BCUT2D eigenvalue weighted by atomic mass is 10.0. The molecule has 0 saturated carbocycles. The third-order valence-electron chi connectivity index (χ3n) is 4.72. The molecule has 3 aromatic carbocycles. The fraction of sp³-hybridized carbons (Fsp3) is 0.136. The minimum absolute atomic E-state index is 0.0848. The third-order valence-corrected chi connectivity index (χ3v) is 4.92. The molecule has 2 N–H and O–H groups in total. The number of hydrazone groups is 1. The van der Waals surface area contributed by atoms with Crippen LogP contribution in [0.1, 0.15) is 41.3 Å². The molecule has 27 heavy (non-hydrogen) atoms. The average molecular weight is 373 g/mol. The van der Waals surface area contributed by atoms with Gasteiger partial charge in [0, 0.05) is 22.2 Å². The highest BCUT2D eigenvalue weighted by Crippen LogP contribution is 2.30. The quantitative estimate of drug-likeness (QED) is 0.509. The molecule has 0 bridgehead atoms. The lowest BCUT2D eigenvalue weighted by Crippen LogP contribution is -2.26. The van der Waals surface area contributed by atoms with E-state index in [4.69, 9.17) is 12.2 Å². The molecule has 0 saturated heterocycles. The van der Waals surface area contributed by atoms with Gasteiger partial charge in [0.05, 0.1) is 0 Å². The highest BCUT2D eigenvalue weighted by Gasteiger charge is 2.28. The number of anilines is 1. The van der Waals surface area contributed by atoms with Crippen LogP contribution in [0.5, 0.6) is 0 Å². The van der Waals surface area contributed by atoms with Crippen molar-refractivity contribution in [2.24, 2.45) is 5.10 Å². The van der Waals surface area contributed by atoms with Crippen molar-refractivity contribution in [3.8, 4) is 0 Å². The lowest BCUT2D eigenvalue weighted by molar-refractivity contribution is 0.106. The smallest absolute Gasteiger partial charge is 0.214 e. The monoisotopic (exact) mass is 373 g/mol. The molecule has 0 unspecified atom stereocenters. The first-order chi connectivity index (χ1) is 13.0. The van der Waals surface area contributed by atoms with Crippen LogP contribution in [0.4, 0.5) is 5.69 Å². The predicted molar refractivity (Wildman–Crippen MR) is 115 cm³/mol. The van der Waals surface area contributed by atoms with E-state index in [1.54, 1.807) is 0 Å². The SMILES string of the molecule is CC(C)c1ccc(NC(=S)NN=C2C(=O)c3cccc4cccc2c34)cc1. The van der Waals surface area contributed by atoms with E-state index < -0.39 is 0 Å². The summed E-state index contributed by atoms with van der Waals surface area (Å²) in [6.45, 7) is 4.31. The van der Waals surface area contributed by atoms with Crippen LogP contribution in [0.25, 0.3) is 10.8 Å². The van der Waals surface area contributed by atoms with Crippen LogP contribution >= 0.6 is 12.2 Å². The maximum atomic E-state index is 12.7. The Morgan fingerprint density at radius 1 is 0.963 bits per heavy atom. The van der Waals surface area contributed by atoms with Crippen LogP contribution in [-0.2, 0) is 0 Å². The van der Waals surface area contributed by atoms with Gasteiger partial charge in [-0.3, -0.25) is 10.2 Å². The van der Waals surface area contributed by atoms with Crippen molar-refractivity contribution in [1.82, 2.24) is 5.43 Å². The zero-order chi connectivity index (χ0) is 19.0. The summed E-state index contributed by atoms with van der Waals surface area (Å²) in [6, 6.07) is 19.7. The molecule has 1 aliphatic rings. The number of thiocarbonyl (C=S) groups is 1. The Morgan fingerprint density at radius 2 is 1.63 bits per heavy atom. The molecule has 0 amide bonds. The Bertz CT molecular complexity index is 1080. The molecule has 0 spiro atoms. The van der Waals surface area contributed by atoms with Gasteiger partial charge in [-0.2, -0.15) is 5.10 Å². The van der Waals surface area contributed by atoms with E-state index in [-0.39, 0.29) is 5.78 Å². The zero-order valence-electron chi connectivity index (χ0n) is 15.1. The van der Waals surface area contributed by atoms with Crippen molar-refractivity contribution in [2.45, 2.75) is 19.8 Å². The van der Waals surface area contributed by atoms with Gasteiger partial charge in [-0.15, -0.1) is 0 Å². The first-order valence-electron chi connectivity index (χ1n) is 8.86. The number of hydrogen-bond acceptors (Lipinski definition) is 3. The molecule has 3 aromatic rings. The van der Waals surface area contributed by atoms with Gasteiger partial charge in [-0.25, -0.2) is 0 Å². The number of nitrogens with one attached hydrogen (secondary N) is 2. The minimum atomic E-state index is -0.0848. The molecule has 4 rings (SSSR count).